The van der Waals surface area contributed by atoms with Crippen LogP contribution in [0.2, 0.25) is 0 Å². The summed E-state index contributed by atoms with van der Waals surface area (Å²) in [5.74, 6) is 2.51. The van der Waals surface area contributed by atoms with Crippen LogP contribution in [0, 0.1) is 17.8 Å². The monoisotopic (exact) mass is 384 g/mol. The highest BCUT2D eigenvalue weighted by Gasteiger charge is 2.31. The molecule has 3 heteroatoms. The van der Waals surface area contributed by atoms with Gasteiger partial charge in [-0.15, -0.1) is 0 Å². The van der Waals surface area contributed by atoms with Gasteiger partial charge in [-0.1, -0.05) is 56.9 Å². The van der Waals surface area contributed by atoms with Gasteiger partial charge in [-0.05, 0) is 67.8 Å². The number of Topliss-reactive ketones (excluding diaryl/α,β-unsaturated/α-hetero) is 1. The molecule has 2 aliphatic carbocycles. The third-order valence-corrected chi connectivity index (χ3v) is 7.30. The predicted octanol–water partition coefficient (Wildman–Crippen LogP) is 6.61. The molecule has 1 aromatic carbocycles. The molecule has 2 fully saturated rings. The van der Waals surface area contributed by atoms with E-state index in [9.17, 15) is 9.59 Å². The van der Waals surface area contributed by atoms with Crippen LogP contribution in [-0.4, -0.2) is 16.9 Å². The fourth-order valence-corrected chi connectivity index (χ4v) is 5.59. The molecule has 154 valence electrons. The smallest absolute Gasteiger partial charge is 0.303 e. The Kier molecular flexibility index (Phi) is 7.70. The molecule has 0 radical (unpaired) electrons. The van der Waals surface area contributed by atoms with Crippen molar-refractivity contribution in [1.82, 2.24) is 0 Å². The molecule has 0 spiro atoms. The van der Waals surface area contributed by atoms with E-state index in [4.69, 9.17) is 5.11 Å². The van der Waals surface area contributed by atoms with Crippen molar-refractivity contribution in [3.8, 4) is 0 Å². The number of hydrogen-bond donors (Lipinski definition) is 1. The molecule has 0 unspecified atom stereocenters. The number of carbonyl (C=O) groups excluding carboxylic acids is 1. The third kappa shape index (κ3) is 5.68. The van der Waals surface area contributed by atoms with E-state index in [1.807, 2.05) is 12.1 Å². The van der Waals surface area contributed by atoms with Gasteiger partial charge in [0.2, 0.25) is 0 Å². The molecule has 0 heterocycles. The molecule has 0 saturated heterocycles. The lowest BCUT2D eigenvalue weighted by Gasteiger charge is -2.38. The van der Waals surface area contributed by atoms with Gasteiger partial charge in [0.1, 0.15) is 0 Å². The van der Waals surface area contributed by atoms with Crippen molar-refractivity contribution in [1.29, 1.82) is 0 Å². The maximum Gasteiger partial charge on any atom is 0.303 e. The second kappa shape index (κ2) is 10.2. The van der Waals surface area contributed by atoms with Gasteiger partial charge in [-0.25, -0.2) is 0 Å². The summed E-state index contributed by atoms with van der Waals surface area (Å²) in [6, 6.07) is 7.96. The van der Waals surface area contributed by atoms with Gasteiger partial charge in [-0.3, -0.25) is 9.59 Å². The first-order chi connectivity index (χ1) is 13.6. The zero-order chi connectivity index (χ0) is 19.9. The highest BCUT2D eigenvalue weighted by atomic mass is 16.4. The van der Waals surface area contributed by atoms with E-state index in [1.165, 1.54) is 69.8 Å². The molecular formula is C25H36O3. The predicted molar refractivity (Wildman–Crippen MR) is 113 cm³/mol. The van der Waals surface area contributed by atoms with E-state index in [0.29, 0.717) is 11.5 Å². The topological polar surface area (TPSA) is 54.4 Å². The Bertz CT molecular complexity index is 632. The number of carbonyl (C=O) groups is 2. The van der Waals surface area contributed by atoms with Gasteiger partial charge in [0.05, 0.1) is 6.42 Å². The Morgan fingerprint density at radius 2 is 1.43 bits per heavy atom. The molecule has 2 aliphatic rings. The maximum atomic E-state index is 12.1. The molecule has 0 aromatic heterocycles. The van der Waals surface area contributed by atoms with Gasteiger partial charge in [-0.2, -0.15) is 0 Å². The summed E-state index contributed by atoms with van der Waals surface area (Å²) < 4.78 is 0. The molecule has 0 amide bonds. The van der Waals surface area contributed by atoms with Crippen molar-refractivity contribution in [3.63, 3.8) is 0 Å². The Balaban J connectivity index is 1.46. The number of hydrogen-bond acceptors (Lipinski definition) is 2. The molecule has 0 aliphatic heterocycles. The largest absolute Gasteiger partial charge is 0.481 e. The van der Waals surface area contributed by atoms with Gasteiger partial charge in [0.15, 0.2) is 5.78 Å². The van der Waals surface area contributed by atoms with Gasteiger partial charge >= 0.3 is 5.97 Å². The maximum absolute atomic E-state index is 12.1. The van der Waals surface area contributed by atoms with Crippen molar-refractivity contribution in [2.45, 2.75) is 89.9 Å². The molecule has 0 bridgehead atoms. The van der Waals surface area contributed by atoms with Crippen LogP contribution in [0.1, 0.15) is 106 Å². The average molecular weight is 385 g/mol. The zero-order valence-corrected chi connectivity index (χ0v) is 17.4. The summed E-state index contributed by atoms with van der Waals surface area (Å²) in [5, 5.41) is 8.72. The number of aliphatic carboxylic acids is 1. The van der Waals surface area contributed by atoms with E-state index in [-0.39, 0.29) is 18.6 Å². The summed E-state index contributed by atoms with van der Waals surface area (Å²) >= 11 is 0. The van der Waals surface area contributed by atoms with Crippen LogP contribution in [0.15, 0.2) is 24.3 Å². The minimum Gasteiger partial charge on any atom is -0.481 e. The Hall–Kier alpha value is -1.64. The second-order valence-electron chi connectivity index (χ2n) is 9.12. The lowest BCUT2D eigenvalue weighted by atomic mass is 9.68. The minimum absolute atomic E-state index is 0.0728. The number of carboxylic acids is 1. The standard InChI is InChI=1S/C25H36O3/c1-2-3-18-4-6-19(7-5-18)20-8-10-21(11-9-20)22-12-14-23(15-13-22)24(26)16-17-25(27)28/h12-15,18-21H,2-11,16-17H2,1H3,(H,27,28). The van der Waals surface area contributed by atoms with E-state index >= 15 is 0 Å². The second-order valence-corrected chi connectivity index (χ2v) is 9.12. The Labute approximate surface area is 169 Å². The SMILES string of the molecule is CCCC1CCC(C2CCC(c3ccc(C(=O)CCC(=O)O)cc3)CC2)CC1. The zero-order valence-electron chi connectivity index (χ0n) is 17.4. The van der Waals surface area contributed by atoms with E-state index in [0.717, 1.165) is 17.8 Å². The minimum atomic E-state index is -0.916. The van der Waals surface area contributed by atoms with E-state index in [1.54, 1.807) is 0 Å². The van der Waals surface area contributed by atoms with Gasteiger partial charge in [0, 0.05) is 12.0 Å². The highest BCUT2D eigenvalue weighted by molar-refractivity contribution is 5.97. The third-order valence-electron chi connectivity index (χ3n) is 7.30. The first-order valence-corrected chi connectivity index (χ1v) is 11.4. The van der Waals surface area contributed by atoms with Crippen molar-refractivity contribution >= 4 is 11.8 Å². The first-order valence-electron chi connectivity index (χ1n) is 11.4. The normalized spacial score (nSPS) is 28.0. The Morgan fingerprint density at radius 3 is 1.96 bits per heavy atom. The van der Waals surface area contributed by atoms with Crippen molar-refractivity contribution in [2.24, 2.45) is 17.8 Å². The van der Waals surface area contributed by atoms with Crippen LogP contribution >= 0.6 is 0 Å². The van der Waals surface area contributed by atoms with E-state index in [2.05, 4.69) is 19.1 Å². The van der Waals surface area contributed by atoms with Gasteiger partial charge in [0.25, 0.3) is 0 Å². The summed E-state index contributed by atoms with van der Waals surface area (Å²) in [4.78, 5) is 22.7. The number of rotatable bonds is 8. The molecule has 3 rings (SSSR count). The molecule has 0 atom stereocenters. The van der Waals surface area contributed by atoms with Crippen LogP contribution in [0.5, 0.6) is 0 Å². The van der Waals surface area contributed by atoms with Gasteiger partial charge < -0.3 is 5.11 Å². The molecule has 2 saturated carbocycles. The van der Waals surface area contributed by atoms with Crippen LogP contribution in [0.3, 0.4) is 0 Å². The Morgan fingerprint density at radius 1 is 0.857 bits per heavy atom. The fourth-order valence-electron chi connectivity index (χ4n) is 5.59. The van der Waals surface area contributed by atoms with Crippen molar-refractivity contribution in [3.05, 3.63) is 35.4 Å². The summed E-state index contributed by atoms with van der Waals surface area (Å²) in [6.07, 6.45) is 13.8. The molecule has 1 aromatic rings. The van der Waals surface area contributed by atoms with Crippen molar-refractivity contribution in [2.75, 3.05) is 0 Å². The summed E-state index contributed by atoms with van der Waals surface area (Å²) in [6.45, 7) is 2.31. The number of ketones is 1. The van der Waals surface area contributed by atoms with E-state index < -0.39 is 5.97 Å². The fraction of sp³-hybridized carbons (Fsp3) is 0.680. The summed E-state index contributed by atoms with van der Waals surface area (Å²) in [7, 11) is 0. The van der Waals surface area contributed by atoms with Crippen LogP contribution in [0.25, 0.3) is 0 Å². The quantitative estimate of drug-likeness (QED) is 0.513. The molecule has 28 heavy (non-hydrogen) atoms. The lowest BCUT2D eigenvalue weighted by molar-refractivity contribution is -0.136. The lowest BCUT2D eigenvalue weighted by Crippen LogP contribution is -2.25. The number of carboxylic acid groups (broad SMARTS) is 1. The highest BCUT2D eigenvalue weighted by Crippen LogP contribution is 2.44. The van der Waals surface area contributed by atoms with Crippen LogP contribution in [-0.2, 0) is 4.79 Å². The van der Waals surface area contributed by atoms with Crippen molar-refractivity contribution < 1.29 is 14.7 Å². The molecule has 3 nitrogen and oxygen atoms in total. The molecular weight excluding hydrogens is 348 g/mol. The average Bonchev–Trinajstić information content (AvgIpc) is 2.73. The molecule has 1 N–H and O–H groups in total. The van der Waals surface area contributed by atoms with Crippen LogP contribution in [0.4, 0.5) is 0 Å². The summed E-state index contributed by atoms with van der Waals surface area (Å²) in [5.41, 5.74) is 1.99. The first kappa shape index (κ1) is 21.1. The number of benzene rings is 1. The van der Waals surface area contributed by atoms with Crippen LogP contribution < -0.4 is 0 Å².